The van der Waals surface area contributed by atoms with Crippen LogP contribution in [0.2, 0.25) is 0 Å². The lowest BCUT2D eigenvalue weighted by molar-refractivity contribution is 0.313. The third-order valence-corrected chi connectivity index (χ3v) is 5.81. The van der Waals surface area contributed by atoms with Gasteiger partial charge in [0.2, 0.25) is 0 Å². The Morgan fingerprint density at radius 3 is 2.31 bits per heavy atom. The van der Waals surface area contributed by atoms with Gasteiger partial charge in [0.15, 0.2) is 0 Å². The largest absolute Gasteiger partial charge is 0.495 e. The van der Waals surface area contributed by atoms with Crippen molar-refractivity contribution in [2.75, 3.05) is 50.0 Å². The predicted octanol–water partition coefficient (Wildman–Crippen LogP) is 2.39. The second kappa shape index (κ2) is 7.51. The number of benzene rings is 2. The SMILES string of the molecule is COc1ccc(F)cc1S(=O)(=O)Nc1ccc(N2CCN(C)CC2)cc1. The van der Waals surface area contributed by atoms with E-state index in [1.165, 1.54) is 13.2 Å². The molecule has 2 aromatic carbocycles. The number of ether oxygens (including phenoxy) is 1. The summed E-state index contributed by atoms with van der Waals surface area (Å²) in [6, 6.07) is 10.6. The summed E-state index contributed by atoms with van der Waals surface area (Å²) in [6.07, 6.45) is 0. The van der Waals surface area contributed by atoms with Gasteiger partial charge in [-0.3, -0.25) is 4.72 Å². The van der Waals surface area contributed by atoms with E-state index in [1.807, 2.05) is 12.1 Å². The Labute approximate surface area is 153 Å². The van der Waals surface area contributed by atoms with E-state index in [0.29, 0.717) is 5.69 Å². The van der Waals surface area contributed by atoms with E-state index in [-0.39, 0.29) is 10.6 Å². The van der Waals surface area contributed by atoms with E-state index in [1.54, 1.807) is 12.1 Å². The highest BCUT2D eigenvalue weighted by atomic mass is 32.2. The summed E-state index contributed by atoms with van der Waals surface area (Å²) >= 11 is 0. The van der Waals surface area contributed by atoms with Crippen molar-refractivity contribution in [3.05, 3.63) is 48.3 Å². The Bertz CT molecular complexity index is 864. The molecule has 0 unspecified atom stereocenters. The zero-order valence-corrected chi connectivity index (χ0v) is 15.6. The molecule has 0 amide bonds. The number of hydrogen-bond donors (Lipinski definition) is 1. The van der Waals surface area contributed by atoms with Gasteiger partial charge >= 0.3 is 0 Å². The zero-order chi connectivity index (χ0) is 18.7. The molecule has 1 fully saturated rings. The van der Waals surface area contributed by atoms with E-state index in [9.17, 15) is 12.8 Å². The molecular weight excluding hydrogens is 357 g/mol. The molecule has 0 aromatic heterocycles. The van der Waals surface area contributed by atoms with Crippen LogP contribution in [0.4, 0.5) is 15.8 Å². The molecule has 8 heteroatoms. The molecule has 26 heavy (non-hydrogen) atoms. The topological polar surface area (TPSA) is 61.9 Å². The van der Waals surface area contributed by atoms with Crippen LogP contribution >= 0.6 is 0 Å². The zero-order valence-electron chi connectivity index (χ0n) is 14.8. The number of anilines is 2. The van der Waals surface area contributed by atoms with Gasteiger partial charge in [0.25, 0.3) is 10.0 Å². The Morgan fingerprint density at radius 2 is 1.69 bits per heavy atom. The molecule has 1 saturated heterocycles. The van der Waals surface area contributed by atoms with Crippen LogP contribution in [-0.2, 0) is 10.0 Å². The highest BCUT2D eigenvalue weighted by molar-refractivity contribution is 7.92. The number of hydrogen-bond acceptors (Lipinski definition) is 5. The molecule has 0 aliphatic carbocycles. The number of piperazine rings is 1. The van der Waals surface area contributed by atoms with Crippen LogP contribution in [0.25, 0.3) is 0 Å². The summed E-state index contributed by atoms with van der Waals surface area (Å²) in [5.74, 6) is -0.551. The van der Waals surface area contributed by atoms with Gasteiger partial charge in [0.05, 0.1) is 7.11 Å². The highest BCUT2D eigenvalue weighted by Crippen LogP contribution is 2.27. The standard InChI is InChI=1S/C18H22FN3O3S/c1-21-9-11-22(12-10-21)16-6-4-15(5-7-16)20-26(23,24)18-13-14(19)3-8-17(18)25-2/h3-8,13,20H,9-12H2,1-2H3. The first kappa shape index (κ1) is 18.5. The fraction of sp³-hybridized carbons (Fsp3) is 0.333. The van der Waals surface area contributed by atoms with Crippen molar-refractivity contribution < 1.29 is 17.5 Å². The summed E-state index contributed by atoms with van der Waals surface area (Å²) in [4.78, 5) is 4.29. The second-order valence-corrected chi connectivity index (χ2v) is 7.89. The first-order valence-corrected chi connectivity index (χ1v) is 9.77. The molecule has 0 radical (unpaired) electrons. The normalized spacial score (nSPS) is 15.7. The van der Waals surface area contributed by atoms with Gasteiger partial charge in [-0.2, -0.15) is 0 Å². The molecule has 0 bridgehead atoms. The van der Waals surface area contributed by atoms with Crippen molar-refractivity contribution in [2.24, 2.45) is 0 Å². The lowest BCUT2D eigenvalue weighted by Crippen LogP contribution is -2.44. The van der Waals surface area contributed by atoms with Crippen LogP contribution in [0.3, 0.4) is 0 Å². The van der Waals surface area contributed by atoms with Gasteiger partial charge in [-0.25, -0.2) is 12.8 Å². The molecule has 2 aromatic rings. The number of rotatable bonds is 5. The Kier molecular flexibility index (Phi) is 5.33. The van der Waals surface area contributed by atoms with Gasteiger partial charge in [-0.1, -0.05) is 0 Å². The molecule has 0 atom stereocenters. The number of sulfonamides is 1. The van der Waals surface area contributed by atoms with Crippen LogP contribution < -0.4 is 14.4 Å². The monoisotopic (exact) mass is 379 g/mol. The molecule has 1 aliphatic rings. The van der Waals surface area contributed by atoms with E-state index in [4.69, 9.17) is 4.74 Å². The number of nitrogens with zero attached hydrogens (tertiary/aromatic N) is 2. The van der Waals surface area contributed by atoms with Gasteiger partial charge in [-0.05, 0) is 49.5 Å². The Morgan fingerprint density at radius 1 is 1.04 bits per heavy atom. The minimum atomic E-state index is -3.96. The Balaban J connectivity index is 1.77. The maximum atomic E-state index is 13.5. The second-order valence-electron chi connectivity index (χ2n) is 6.24. The molecule has 1 aliphatic heterocycles. The number of halogens is 1. The predicted molar refractivity (Wildman–Crippen MR) is 99.9 cm³/mol. The van der Waals surface area contributed by atoms with Crippen molar-refractivity contribution in [2.45, 2.75) is 4.90 Å². The minimum Gasteiger partial charge on any atom is -0.495 e. The highest BCUT2D eigenvalue weighted by Gasteiger charge is 2.21. The van der Waals surface area contributed by atoms with Gasteiger partial charge < -0.3 is 14.5 Å². The minimum absolute atomic E-state index is 0.0907. The van der Waals surface area contributed by atoms with Crippen LogP contribution in [0.5, 0.6) is 5.75 Å². The third-order valence-electron chi connectivity index (χ3n) is 4.40. The average Bonchev–Trinajstić information content (AvgIpc) is 2.63. The third kappa shape index (κ3) is 4.08. The van der Waals surface area contributed by atoms with Crippen molar-refractivity contribution in [3.63, 3.8) is 0 Å². The summed E-state index contributed by atoms with van der Waals surface area (Å²) in [6.45, 7) is 3.85. The van der Waals surface area contributed by atoms with E-state index < -0.39 is 15.8 Å². The van der Waals surface area contributed by atoms with E-state index in [2.05, 4.69) is 21.6 Å². The summed E-state index contributed by atoms with van der Waals surface area (Å²) < 4.78 is 46.2. The van der Waals surface area contributed by atoms with Gasteiger partial charge in [0.1, 0.15) is 16.5 Å². The summed E-state index contributed by atoms with van der Waals surface area (Å²) in [5, 5.41) is 0. The van der Waals surface area contributed by atoms with Gasteiger partial charge in [-0.15, -0.1) is 0 Å². The van der Waals surface area contributed by atoms with Crippen molar-refractivity contribution in [1.82, 2.24) is 4.90 Å². The van der Waals surface area contributed by atoms with E-state index >= 15 is 0 Å². The smallest absolute Gasteiger partial charge is 0.265 e. The summed E-state index contributed by atoms with van der Waals surface area (Å²) in [5.41, 5.74) is 1.46. The molecule has 6 nitrogen and oxygen atoms in total. The number of methoxy groups -OCH3 is 1. The fourth-order valence-electron chi connectivity index (χ4n) is 2.88. The average molecular weight is 379 g/mol. The maximum absolute atomic E-state index is 13.5. The van der Waals surface area contributed by atoms with Crippen molar-refractivity contribution in [1.29, 1.82) is 0 Å². The van der Waals surface area contributed by atoms with Crippen LogP contribution in [0.1, 0.15) is 0 Å². The van der Waals surface area contributed by atoms with Crippen molar-refractivity contribution >= 4 is 21.4 Å². The van der Waals surface area contributed by atoms with Crippen LogP contribution in [0, 0.1) is 5.82 Å². The molecule has 0 saturated carbocycles. The molecule has 1 heterocycles. The Hall–Kier alpha value is -2.32. The van der Waals surface area contributed by atoms with Crippen LogP contribution in [-0.4, -0.2) is 53.7 Å². The molecule has 0 spiro atoms. The molecular formula is C18H22FN3O3S. The molecule has 3 rings (SSSR count). The quantitative estimate of drug-likeness (QED) is 0.864. The summed E-state index contributed by atoms with van der Waals surface area (Å²) in [7, 11) is -0.521. The lowest BCUT2D eigenvalue weighted by atomic mass is 10.2. The molecule has 1 N–H and O–H groups in total. The van der Waals surface area contributed by atoms with Crippen molar-refractivity contribution in [3.8, 4) is 5.75 Å². The first-order valence-electron chi connectivity index (χ1n) is 8.29. The van der Waals surface area contributed by atoms with Crippen LogP contribution in [0.15, 0.2) is 47.4 Å². The lowest BCUT2D eigenvalue weighted by Gasteiger charge is -2.34. The molecule has 140 valence electrons. The number of likely N-dealkylation sites (N-methyl/N-ethyl adjacent to an activating group) is 1. The fourth-order valence-corrected chi connectivity index (χ4v) is 4.12. The number of nitrogens with one attached hydrogen (secondary N) is 1. The van der Waals surface area contributed by atoms with E-state index in [0.717, 1.165) is 44.0 Å². The van der Waals surface area contributed by atoms with Gasteiger partial charge in [0, 0.05) is 37.6 Å². The maximum Gasteiger partial charge on any atom is 0.265 e. The first-order chi connectivity index (χ1) is 12.4.